The maximum Gasteiger partial charge on any atom is 0.348 e. The second-order valence-corrected chi connectivity index (χ2v) is 8.24. The van der Waals surface area contributed by atoms with Gasteiger partial charge in [-0.15, -0.1) is 11.3 Å². The summed E-state index contributed by atoms with van der Waals surface area (Å²) in [6, 6.07) is 15.2. The molecule has 0 saturated carbocycles. The minimum absolute atomic E-state index is 0.313. The SMILES string of the molecule is COc1ccc(Cl)cc1Nc1ncnc2sc(C(=O)OCCc3ccccc3)c(C)c12. The van der Waals surface area contributed by atoms with Gasteiger partial charge in [-0.25, -0.2) is 14.8 Å². The lowest BCUT2D eigenvalue weighted by Gasteiger charge is -2.12. The summed E-state index contributed by atoms with van der Waals surface area (Å²) in [4.78, 5) is 22.7. The number of methoxy groups -OCH3 is 1. The molecule has 0 radical (unpaired) electrons. The van der Waals surface area contributed by atoms with E-state index in [-0.39, 0.29) is 5.97 Å². The monoisotopic (exact) mass is 453 g/mol. The molecule has 4 rings (SSSR count). The van der Waals surface area contributed by atoms with Crippen molar-refractivity contribution in [3.8, 4) is 5.75 Å². The van der Waals surface area contributed by atoms with Gasteiger partial charge in [-0.2, -0.15) is 0 Å². The number of aryl methyl sites for hydroxylation is 1. The third-order valence-electron chi connectivity index (χ3n) is 4.79. The van der Waals surface area contributed by atoms with Crippen molar-refractivity contribution in [2.24, 2.45) is 0 Å². The molecule has 2 aromatic carbocycles. The van der Waals surface area contributed by atoms with Crippen LogP contribution in [-0.4, -0.2) is 29.7 Å². The zero-order valence-corrected chi connectivity index (χ0v) is 18.6. The van der Waals surface area contributed by atoms with Crippen molar-refractivity contribution in [3.05, 3.63) is 75.9 Å². The Morgan fingerprint density at radius 2 is 1.97 bits per heavy atom. The van der Waals surface area contributed by atoms with Crippen LogP contribution in [0.25, 0.3) is 10.2 Å². The molecule has 0 saturated heterocycles. The lowest BCUT2D eigenvalue weighted by molar-refractivity contribution is 0.0514. The van der Waals surface area contributed by atoms with Gasteiger partial charge in [-0.1, -0.05) is 41.9 Å². The van der Waals surface area contributed by atoms with Gasteiger partial charge in [0.05, 0.1) is 24.8 Å². The number of hydrogen-bond acceptors (Lipinski definition) is 7. The van der Waals surface area contributed by atoms with E-state index in [1.54, 1.807) is 25.3 Å². The summed E-state index contributed by atoms with van der Waals surface area (Å²) < 4.78 is 10.9. The van der Waals surface area contributed by atoms with Crippen LogP contribution in [0.3, 0.4) is 0 Å². The first-order valence-electron chi connectivity index (χ1n) is 9.62. The second kappa shape index (κ2) is 9.32. The number of ether oxygens (including phenoxy) is 2. The van der Waals surface area contributed by atoms with Crippen molar-refractivity contribution in [1.29, 1.82) is 0 Å². The van der Waals surface area contributed by atoms with E-state index < -0.39 is 0 Å². The minimum Gasteiger partial charge on any atom is -0.495 e. The van der Waals surface area contributed by atoms with E-state index in [4.69, 9.17) is 21.1 Å². The highest BCUT2D eigenvalue weighted by Crippen LogP contribution is 2.37. The molecule has 1 N–H and O–H groups in total. The largest absolute Gasteiger partial charge is 0.495 e. The van der Waals surface area contributed by atoms with Gasteiger partial charge >= 0.3 is 5.97 Å². The van der Waals surface area contributed by atoms with Crippen molar-refractivity contribution in [1.82, 2.24) is 9.97 Å². The zero-order valence-electron chi connectivity index (χ0n) is 17.0. The lowest BCUT2D eigenvalue weighted by atomic mass is 10.2. The number of nitrogens with zero attached hydrogens (tertiary/aromatic N) is 2. The van der Waals surface area contributed by atoms with Crippen LogP contribution in [0.1, 0.15) is 20.8 Å². The van der Waals surface area contributed by atoms with E-state index in [1.165, 1.54) is 17.7 Å². The van der Waals surface area contributed by atoms with Crippen molar-refractivity contribution < 1.29 is 14.3 Å². The average Bonchev–Trinajstić information content (AvgIpc) is 3.12. The van der Waals surface area contributed by atoms with E-state index in [0.717, 1.165) is 16.5 Å². The summed E-state index contributed by atoms with van der Waals surface area (Å²) in [5.41, 5.74) is 2.57. The molecule has 0 aliphatic carbocycles. The smallest absolute Gasteiger partial charge is 0.348 e. The van der Waals surface area contributed by atoms with Crippen LogP contribution in [-0.2, 0) is 11.2 Å². The summed E-state index contributed by atoms with van der Waals surface area (Å²) in [5, 5.41) is 4.60. The molecule has 0 bridgehead atoms. The molecule has 2 aromatic heterocycles. The number of aromatic nitrogens is 2. The fourth-order valence-electron chi connectivity index (χ4n) is 3.24. The Kier molecular flexibility index (Phi) is 6.34. The Balaban J connectivity index is 1.58. The number of rotatable bonds is 7. The van der Waals surface area contributed by atoms with Crippen LogP contribution in [0.2, 0.25) is 5.02 Å². The third-order valence-corrected chi connectivity index (χ3v) is 6.21. The molecule has 6 nitrogen and oxygen atoms in total. The molecule has 0 amide bonds. The fourth-order valence-corrected chi connectivity index (χ4v) is 4.45. The highest BCUT2D eigenvalue weighted by molar-refractivity contribution is 7.20. The predicted octanol–water partition coefficient (Wildman–Crippen LogP) is 5.80. The molecule has 2 heterocycles. The molecule has 0 aliphatic heterocycles. The van der Waals surface area contributed by atoms with Gasteiger partial charge in [-0.05, 0) is 36.2 Å². The van der Waals surface area contributed by atoms with E-state index in [1.807, 2.05) is 37.3 Å². The van der Waals surface area contributed by atoms with Gasteiger partial charge < -0.3 is 14.8 Å². The highest BCUT2D eigenvalue weighted by atomic mass is 35.5. The number of fused-ring (bicyclic) bond motifs is 1. The number of hydrogen-bond donors (Lipinski definition) is 1. The summed E-state index contributed by atoms with van der Waals surface area (Å²) in [6.07, 6.45) is 2.12. The Labute approximate surface area is 188 Å². The first-order valence-corrected chi connectivity index (χ1v) is 10.8. The number of halogens is 1. The molecule has 0 aliphatic rings. The molecule has 8 heteroatoms. The first-order chi connectivity index (χ1) is 15.1. The van der Waals surface area contributed by atoms with Crippen LogP contribution < -0.4 is 10.1 Å². The molecular weight excluding hydrogens is 434 g/mol. The van der Waals surface area contributed by atoms with Crippen LogP contribution in [0.5, 0.6) is 5.75 Å². The highest BCUT2D eigenvalue weighted by Gasteiger charge is 2.21. The van der Waals surface area contributed by atoms with Gasteiger partial charge in [0.25, 0.3) is 0 Å². The fraction of sp³-hybridized carbons (Fsp3) is 0.174. The average molecular weight is 454 g/mol. The Morgan fingerprint density at radius 1 is 1.16 bits per heavy atom. The lowest BCUT2D eigenvalue weighted by Crippen LogP contribution is -2.07. The number of esters is 1. The van der Waals surface area contributed by atoms with Crippen molar-refractivity contribution in [3.63, 3.8) is 0 Å². The predicted molar refractivity (Wildman–Crippen MR) is 124 cm³/mol. The molecule has 4 aromatic rings. The summed E-state index contributed by atoms with van der Waals surface area (Å²) in [6.45, 7) is 2.18. The zero-order chi connectivity index (χ0) is 21.8. The summed E-state index contributed by atoms with van der Waals surface area (Å²) in [5.74, 6) is 0.843. The van der Waals surface area contributed by atoms with Crippen molar-refractivity contribution in [2.75, 3.05) is 19.0 Å². The van der Waals surface area contributed by atoms with Gasteiger partial charge in [0.2, 0.25) is 0 Å². The Hall–Kier alpha value is -3.16. The van der Waals surface area contributed by atoms with E-state index >= 15 is 0 Å². The van der Waals surface area contributed by atoms with Gasteiger partial charge in [-0.3, -0.25) is 0 Å². The summed E-state index contributed by atoms with van der Waals surface area (Å²) >= 11 is 7.43. The van der Waals surface area contributed by atoms with Crippen LogP contribution in [0, 0.1) is 6.92 Å². The number of nitrogens with one attached hydrogen (secondary N) is 1. The minimum atomic E-state index is -0.359. The van der Waals surface area contributed by atoms with Crippen LogP contribution in [0.15, 0.2) is 54.9 Å². The number of anilines is 2. The summed E-state index contributed by atoms with van der Waals surface area (Å²) in [7, 11) is 1.59. The Bertz CT molecular complexity index is 1230. The maximum atomic E-state index is 12.7. The quantitative estimate of drug-likeness (QED) is 0.356. The molecule has 0 fully saturated rings. The second-order valence-electron chi connectivity index (χ2n) is 6.80. The standard InChI is InChI=1S/C23H20ClN3O3S/c1-14-19-21(27-17-12-16(24)8-9-18(17)29-2)25-13-26-22(19)31-20(14)23(28)30-11-10-15-6-4-3-5-7-15/h3-9,12-13H,10-11H2,1-2H3,(H,25,26,27). The molecule has 31 heavy (non-hydrogen) atoms. The third kappa shape index (κ3) is 4.62. The molecule has 0 spiro atoms. The molecular formula is C23H20ClN3O3S. The van der Waals surface area contributed by atoms with E-state index in [0.29, 0.717) is 45.0 Å². The van der Waals surface area contributed by atoms with E-state index in [9.17, 15) is 4.79 Å². The number of benzene rings is 2. The first kappa shape index (κ1) is 21.1. The van der Waals surface area contributed by atoms with Crippen LogP contribution >= 0.6 is 22.9 Å². The molecule has 0 unspecified atom stereocenters. The topological polar surface area (TPSA) is 73.3 Å². The number of carbonyl (C=O) groups excluding carboxylic acids is 1. The maximum absolute atomic E-state index is 12.7. The van der Waals surface area contributed by atoms with Gasteiger partial charge in [0.1, 0.15) is 27.6 Å². The molecule has 158 valence electrons. The van der Waals surface area contributed by atoms with Gasteiger partial charge in [0.15, 0.2) is 0 Å². The van der Waals surface area contributed by atoms with Crippen LogP contribution in [0.4, 0.5) is 11.5 Å². The van der Waals surface area contributed by atoms with Crippen molar-refractivity contribution >= 4 is 50.6 Å². The normalized spacial score (nSPS) is 10.8. The Morgan fingerprint density at radius 3 is 2.74 bits per heavy atom. The van der Waals surface area contributed by atoms with E-state index in [2.05, 4.69) is 15.3 Å². The molecule has 0 atom stereocenters. The van der Waals surface area contributed by atoms with Gasteiger partial charge in [0, 0.05) is 11.4 Å². The van der Waals surface area contributed by atoms with Crippen molar-refractivity contribution in [2.45, 2.75) is 13.3 Å². The number of thiophene rings is 1. The number of carbonyl (C=O) groups is 1.